The van der Waals surface area contributed by atoms with Crippen molar-refractivity contribution in [3.05, 3.63) is 52.1 Å². The number of nitrogens with zero attached hydrogens (tertiary/aromatic N) is 3. The van der Waals surface area contributed by atoms with Gasteiger partial charge < -0.3 is 4.98 Å². The summed E-state index contributed by atoms with van der Waals surface area (Å²) in [5.41, 5.74) is 2.61. The number of thiophene rings is 1. The van der Waals surface area contributed by atoms with Crippen LogP contribution in [0, 0.1) is 5.38 Å². The quantitative estimate of drug-likeness (QED) is 0.757. The van der Waals surface area contributed by atoms with Crippen molar-refractivity contribution in [1.82, 2.24) is 19.9 Å². The number of rotatable bonds is 2. The van der Waals surface area contributed by atoms with Crippen molar-refractivity contribution >= 4 is 11.3 Å². The van der Waals surface area contributed by atoms with Crippen LogP contribution in [0.5, 0.6) is 0 Å². The maximum absolute atomic E-state index is 11.2. The van der Waals surface area contributed by atoms with Crippen molar-refractivity contribution in [2.75, 3.05) is 0 Å². The zero-order valence-electron chi connectivity index (χ0n) is 9.12. The van der Waals surface area contributed by atoms with E-state index in [1.165, 1.54) is 11.3 Å². The molecule has 0 aromatic carbocycles. The first-order valence-corrected chi connectivity index (χ1v) is 6.04. The molecule has 0 aliphatic heterocycles. The summed E-state index contributed by atoms with van der Waals surface area (Å²) >= 11 is 1.42. The van der Waals surface area contributed by atoms with Crippen LogP contribution in [0.2, 0.25) is 0 Å². The zero-order chi connectivity index (χ0) is 12.4. The molecule has 0 aliphatic carbocycles. The van der Waals surface area contributed by atoms with E-state index in [0.717, 1.165) is 16.8 Å². The van der Waals surface area contributed by atoms with Crippen molar-refractivity contribution in [3.8, 4) is 22.5 Å². The molecule has 0 bridgehead atoms. The van der Waals surface area contributed by atoms with Crippen LogP contribution in [0.25, 0.3) is 22.5 Å². The highest BCUT2D eigenvalue weighted by atomic mass is 32.1. The van der Waals surface area contributed by atoms with E-state index in [0.29, 0.717) is 5.69 Å². The van der Waals surface area contributed by atoms with Gasteiger partial charge in [0.05, 0.1) is 23.0 Å². The number of hydrogen-bond donors (Lipinski definition) is 1. The largest absolute Gasteiger partial charge is 0.345 e. The fourth-order valence-corrected chi connectivity index (χ4v) is 2.34. The van der Waals surface area contributed by atoms with Crippen molar-refractivity contribution in [1.29, 1.82) is 0 Å². The van der Waals surface area contributed by atoms with Gasteiger partial charge in [-0.15, -0.1) is 11.3 Å². The number of hydrogen-bond acceptors (Lipinski definition) is 5. The second kappa shape index (κ2) is 4.50. The number of aromatic nitrogens is 4. The van der Waals surface area contributed by atoms with Gasteiger partial charge in [0.2, 0.25) is 0 Å². The van der Waals surface area contributed by atoms with E-state index in [-0.39, 0.29) is 5.69 Å². The fourth-order valence-electron chi connectivity index (χ4n) is 1.59. The molecule has 1 N–H and O–H groups in total. The van der Waals surface area contributed by atoms with Crippen LogP contribution >= 0.6 is 11.3 Å². The van der Waals surface area contributed by atoms with Crippen LogP contribution in [0.3, 0.4) is 0 Å². The third-order valence-electron chi connectivity index (χ3n) is 2.37. The Morgan fingerprint density at radius 1 is 1.28 bits per heavy atom. The van der Waals surface area contributed by atoms with Gasteiger partial charge in [-0.25, -0.2) is 4.79 Å². The molecule has 0 saturated heterocycles. The summed E-state index contributed by atoms with van der Waals surface area (Å²) in [7, 11) is 0. The van der Waals surface area contributed by atoms with Gasteiger partial charge in [0.1, 0.15) is 0 Å². The van der Waals surface area contributed by atoms with E-state index < -0.39 is 0 Å². The van der Waals surface area contributed by atoms with Gasteiger partial charge in [-0.3, -0.25) is 9.97 Å². The monoisotopic (exact) mass is 255 g/mol. The average molecular weight is 255 g/mol. The van der Waals surface area contributed by atoms with Crippen LogP contribution in [0.1, 0.15) is 0 Å². The zero-order valence-corrected chi connectivity index (χ0v) is 9.94. The van der Waals surface area contributed by atoms with Crippen molar-refractivity contribution in [2.45, 2.75) is 0 Å². The molecule has 0 saturated carbocycles. The molecule has 0 unspecified atom stereocenters. The van der Waals surface area contributed by atoms with Gasteiger partial charge in [-0.05, 0) is 6.07 Å². The van der Waals surface area contributed by atoms with Gasteiger partial charge in [0.25, 0.3) is 0 Å². The van der Waals surface area contributed by atoms with E-state index in [4.69, 9.17) is 0 Å². The highest BCUT2D eigenvalue weighted by Crippen LogP contribution is 2.31. The Balaban J connectivity index is 2.16. The van der Waals surface area contributed by atoms with E-state index in [9.17, 15) is 4.79 Å². The molecule has 6 heteroatoms. The van der Waals surface area contributed by atoms with Gasteiger partial charge in [0, 0.05) is 35.1 Å². The molecule has 1 radical (unpaired) electrons. The lowest BCUT2D eigenvalue weighted by atomic mass is 10.1. The molecule has 3 aromatic rings. The second-order valence-corrected chi connectivity index (χ2v) is 4.17. The predicted molar refractivity (Wildman–Crippen MR) is 68.0 cm³/mol. The van der Waals surface area contributed by atoms with Crippen LogP contribution < -0.4 is 5.69 Å². The molecule has 3 aromatic heterocycles. The van der Waals surface area contributed by atoms with E-state index in [1.54, 1.807) is 30.9 Å². The molecule has 0 fully saturated rings. The minimum atomic E-state index is -0.371. The number of H-pyrrole nitrogens is 1. The third-order valence-corrected chi connectivity index (χ3v) is 3.05. The standard InChI is InChI=1S/C12H7N4OS/c17-12-15-2-1-10(16-12)8-6-18-7-9(8)11-5-13-3-4-14-11/h1-6H,(H,15,16,17). The topological polar surface area (TPSA) is 71.5 Å². The minimum Gasteiger partial charge on any atom is -0.313 e. The summed E-state index contributed by atoms with van der Waals surface area (Å²) in [5, 5.41) is 5.02. The minimum absolute atomic E-state index is 0.371. The highest BCUT2D eigenvalue weighted by Gasteiger charge is 2.11. The lowest BCUT2D eigenvalue weighted by molar-refractivity contribution is 1.08. The molecule has 0 amide bonds. The maximum atomic E-state index is 11.2. The van der Waals surface area contributed by atoms with Crippen LogP contribution in [-0.4, -0.2) is 19.9 Å². The first-order chi connectivity index (χ1) is 8.84. The highest BCUT2D eigenvalue weighted by molar-refractivity contribution is 7.08. The van der Waals surface area contributed by atoms with Crippen LogP contribution in [0.15, 0.2) is 41.0 Å². The van der Waals surface area contributed by atoms with Crippen molar-refractivity contribution < 1.29 is 0 Å². The van der Waals surface area contributed by atoms with Gasteiger partial charge in [-0.1, -0.05) is 0 Å². The summed E-state index contributed by atoms with van der Waals surface area (Å²) in [6.07, 6.45) is 6.47. The first-order valence-electron chi connectivity index (χ1n) is 5.16. The molecule has 0 aliphatic rings. The molecule has 3 heterocycles. The summed E-state index contributed by atoms with van der Waals surface area (Å²) in [6.45, 7) is 0. The summed E-state index contributed by atoms with van der Waals surface area (Å²) in [6, 6.07) is 1.75. The van der Waals surface area contributed by atoms with Crippen molar-refractivity contribution in [2.24, 2.45) is 0 Å². The molecule has 3 rings (SSSR count). The Hall–Kier alpha value is -2.34. The van der Waals surface area contributed by atoms with Gasteiger partial charge in [0.15, 0.2) is 0 Å². The van der Waals surface area contributed by atoms with E-state index in [2.05, 4.69) is 25.3 Å². The average Bonchev–Trinajstić information content (AvgIpc) is 2.89. The molecule has 0 atom stereocenters. The van der Waals surface area contributed by atoms with Gasteiger partial charge >= 0.3 is 5.69 Å². The lowest BCUT2D eigenvalue weighted by Gasteiger charge is -2.01. The summed E-state index contributed by atoms with van der Waals surface area (Å²) in [5.74, 6) is 0. The number of aromatic amines is 1. The molecular weight excluding hydrogens is 248 g/mol. The lowest BCUT2D eigenvalue weighted by Crippen LogP contribution is -2.09. The fraction of sp³-hybridized carbons (Fsp3) is 0. The Bertz CT molecular complexity index is 720. The molecule has 0 spiro atoms. The van der Waals surface area contributed by atoms with E-state index >= 15 is 0 Å². The first kappa shape index (κ1) is 10.8. The van der Waals surface area contributed by atoms with E-state index in [1.807, 2.05) is 5.38 Å². The Morgan fingerprint density at radius 3 is 3.00 bits per heavy atom. The molecule has 5 nitrogen and oxygen atoms in total. The Labute approximate surface area is 106 Å². The SMILES string of the molecule is O=c1nc(-c2cs[c]c2-c2cnccn2)cc[nH]1. The number of nitrogens with one attached hydrogen (secondary N) is 1. The van der Waals surface area contributed by atoms with Crippen LogP contribution in [0.4, 0.5) is 0 Å². The third kappa shape index (κ3) is 1.93. The normalized spacial score (nSPS) is 10.4. The molecule has 87 valence electrons. The maximum Gasteiger partial charge on any atom is 0.345 e. The molecular formula is C12H7N4OS. The molecule has 18 heavy (non-hydrogen) atoms. The smallest absolute Gasteiger partial charge is 0.313 e. The van der Waals surface area contributed by atoms with Crippen LogP contribution in [-0.2, 0) is 0 Å². The predicted octanol–water partition coefficient (Wildman–Crippen LogP) is 1.76. The second-order valence-electron chi connectivity index (χ2n) is 3.50. The summed E-state index contributed by atoms with van der Waals surface area (Å²) in [4.78, 5) is 25.9. The Kier molecular flexibility index (Phi) is 2.70. The van der Waals surface area contributed by atoms with Crippen molar-refractivity contribution in [3.63, 3.8) is 0 Å². The van der Waals surface area contributed by atoms with Gasteiger partial charge in [-0.2, -0.15) is 4.98 Å². The summed E-state index contributed by atoms with van der Waals surface area (Å²) < 4.78 is 0. The Morgan fingerprint density at radius 2 is 2.22 bits per heavy atom.